The third-order valence-electron chi connectivity index (χ3n) is 6.97. The molecule has 3 rings (SSSR count). The van der Waals surface area contributed by atoms with Gasteiger partial charge in [0, 0.05) is 36.4 Å². The Kier molecular flexibility index (Phi) is 11.5. The molecular weight excluding hydrogens is 602 g/mol. The topological polar surface area (TPSA) is 86.8 Å². The highest BCUT2D eigenvalue weighted by atomic mass is 79.9. The van der Waals surface area contributed by atoms with E-state index >= 15 is 0 Å². The van der Waals surface area contributed by atoms with Crippen molar-refractivity contribution in [1.29, 1.82) is 0 Å². The summed E-state index contributed by atoms with van der Waals surface area (Å²) in [6.45, 7) is 8.04. The van der Waals surface area contributed by atoms with E-state index in [0.29, 0.717) is 18.5 Å². The molecule has 3 aromatic carbocycles. The van der Waals surface area contributed by atoms with Crippen molar-refractivity contribution in [2.45, 2.75) is 65.6 Å². The van der Waals surface area contributed by atoms with Crippen molar-refractivity contribution in [2.75, 3.05) is 17.1 Å². The van der Waals surface area contributed by atoms with E-state index in [0.717, 1.165) is 26.7 Å². The Morgan fingerprint density at radius 3 is 2.17 bits per heavy atom. The van der Waals surface area contributed by atoms with Gasteiger partial charge in [0.05, 0.1) is 11.9 Å². The van der Waals surface area contributed by atoms with Crippen molar-refractivity contribution < 1.29 is 18.0 Å². The first-order valence-electron chi connectivity index (χ1n) is 13.8. The molecule has 1 N–H and O–H groups in total. The molecule has 1 atom stereocenters. The maximum absolute atomic E-state index is 13.9. The number of sulfonamides is 1. The van der Waals surface area contributed by atoms with Crippen molar-refractivity contribution >= 4 is 43.5 Å². The van der Waals surface area contributed by atoms with Gasteiger partial charge < -0.3 is 10.2 Å². The molecule has 0 bridgehead atoms. The third kappa shape index (κ3) is 9.43. The number of carbonyl (C=O) groups excluding carboxylic acids is 2. The lowest BCUT2D eigenvalue weighted by atomic mass is 10.0. The average Bonchev–Trinajstić information content (AvgIpc) is 2.91. The molecule has 3 aromatic rings. The molecule has 9 heteroatoms. The van der Waals surface area contributed by atoms with Crippen molar-refractivity contribution in [3.63, 3.8) is 0 Å². The minimum Gasteiger partial charge on any atom is -0.352 e. The maximum atomic E-state index is 13.9. The Balaban J connectivity index is 1.89. The largest absolute Gasteiger partial charge is 0.352 e. The molecule has 7 nitrogen and oxygen atoms in total. The number of aryl methyl sites for hydroxylation is 1. The number of benzene rings is 3. The summed E-state index contributed by atoms with van der Waals surface area (Å²) in [5.41, 5.74) is 4.33. The molecule has 0 radical (unpaired) electrons. The van der Waals surface area contributed by atoms with Crippen LogP contribution in [-0.2, 0) is 32.6 Å². The number of nitrogens with zero attached hydrogens (tertiary/aromatic N) is 2. The Morgan fingerprint density at radius 2 is 1.56 bits per heavy atom. The highest BCUT2D eigenvalue weighted by Crippen LogP contribution is 2.26. The molecule has 41 heavy (non-hydrogen) atoms. The summed E-state index contributed by atoms with van der Waals surface area (Å²) in [5, 5.41) is 2.99. The van der Waals surface area contributed by atoms with Crippen LogP contribution in [0.1, 0.15) is 48.9 Å². The molecule has 0 saturated heterocycles. The Bertz CT molecular complexity index is 1430. The average molecular weight is 643 g/mol. The zero-order valence-corrected chi connectivity index (χ0v) is 26.8. The van der Waals surface area contributed by atoms with E-state index in [1.54, 1.807) is 11.0 Å². The lowest BCUT2D eigenvalue weighted by molar-refractivity contribution is -0.141. The molecular formula is C32H40BrN3O4S. The quantitative estimate of drug-likeness (QED) is 0.256. The summed E-state index contributed by atoms with van der Waals surface area (Å²) >= 11 is 3.46. The van der Waals surface area contributed by atoms with Crippen LogP contribution in [0.3, 0.4) is 0 Å². The van der Waals surface area contributed by atoms with Crippen LogP contribution in [0, 0.1) is 13.8 Å². The molecule has 0 aliphatic rings. The lowest BCUT2D eigenvalue weighted by Gasteiger charge is -2.32. The van der Waals surface area contributed by atoms with Crippen LogP contribution < -0.4 is 9.62 Å². The van der Waals surface area contributed by atoms with Crippen LogP contribution in [0.15, 0.2) is 77.3 Å². The molecule has 0 aromatic heterocycles. The van der Waals surface area contributed by atoms with Gasteiger partial charge >= 0.3 is 0 Å². The predicted molar refractivity (Wildman–Crippen MR) is 169 cm³/mol. The predicted octanol–water partition coefficient (Wildman–Crippen LogP) is 5.78. The van der Waals surface area contributed by atoms with Gasteiger partial charge in [0.1, 0.15) is 6.04 Å². The van der Waals surface area contributed by atoms with Crippen LogP contribution in [0.5, 0.6) is 0 Å². The van der Waals surface area contributed by atoms with Gasteiger partial charge in [-0.25, -0.2) is 8.42 Å². The van der Waals surface area contributed by atoms with Crippen LogP contribution >= 0.6 is 15.9 Å². The SMILES string of the molecule is Cc1cccc(N(CCCC(=O)N(Cc2ccc(Br)cc2)[C@H](Cc2ccccc2)C(=O)NC(C)C)S(C)(=O)=O)c1C. The van der Waals surface area contributed by atoms with Crippen LogP contribution in [-0.4, -0.2) is 50.0 Å². The van der Waals surface area contributed by atoms with Gasteiger partial charge in [-0.15, -0.1) is 0 Å². The van der Waals surface area contributed by atoms with Crippen molar-refractivity contribution in [2.24, 2.45) is 0 Å². The van der Waals surface area contributed by atoms with E-state index in [-0.39, 0.29) is 37.4 Å². The van der Waals surface area contributed by atoms with Crippen molar-refractivity contribution in [3.05, 3.63) is 99.5 Å². The first kappa shape index (κ1) is 32.3. The summed E-state index contributed by atoms with van der Waals surface area (Å²) in [4.78, 5) is 29.0. The Labute approximate surface area is 253 Å². The summed E-state index contributed by atoms with van der Waals surface area (Å²) in [6.07, 6.45) is 1.94. The Morgan fingerprint density at radius 1 is 0.902 bits per heavy atom. The number of hydrogen-bond acceptors (Lipinski definition) is 4. The smallest absolute Gasteiger partial charge is 0.243 e. The second-order valence-corrected chi connectivity index (χ2v) is 13.5. The molecule has 0 spiro atoms. The number of rotatable bonds is 13. The molecule has 0 saturated carbocycles. The van der Waals surface area contributed by atoms with Gasteiger partial charge in [0.15, 0.2) is 0 Å². The van der Waals surface area contributed by atoms with Gasteiger partial charge in [0.25, 0.3) is 0 Å². The summed E-state index contributed by atoms with van der Waals surface area (Å²) in [6, 6.07) is 22.1. The number of halogens is 1. The van der Waals surface area contributed by atoms with Crippen LogP contribution in [0.2, 0.25) is 0 Å². The van der Waals surface area contributed by atoms with Crippen LogP contribution in [0.25, 0.3) is 0 Å². The van der Waals surface area contributed by atoms with E-state index < -0.39 is 16.1 Å². The highest BCUT2D eigenvalue weighted by molar-refractivity contribution is 9.10. The number of amides is 2. The molecule has 0 aliphatic heterocycles. The number of anilines is 1. The molecule has 220 valence electrons. The van der Waals surface area contributed by atoms with E-state index in [1.165, 1.54) is 10.6 Å². The second-order valence-electron chi connectivity index (χ2n) is 10.7. The summed E-state index contributed by atoms with van der Waals surface area (Å²) in [5.74, 6) is -0.426. The minimum atomic E-state index is -3.57. The monoisotopic (exact) mass is 641 g/mol. The number of carbonyl (C=O) groups is 2. The molecule has 0 fully saturated rings. The van der Waals surface area contributed by atoms with E-state index in [9.17, 15) is 18.0 Å². The van der Waals surface area contributed by atoms with Crippen molar-refractivity contribution in [1.82, 2.24) is 10.2 Å². The van der Waals surface area contributed by atoms with Gasteiger partial charge in [-0.1, -0.05) is 70.5 Å². The fraction of sp³-hybridized carbons (Fsp3) is 0.375. The Hall–Kier alpha value is -3.17. The van der Waals surface area contributed by atoms with Gasteiger partial charge in [-0.2, -0.15) is 0 Å². The van der Waals surface area contributed by atoms with Crippen molar-refractivity contribution in [3.8, 4) is 0 Å². The van der Waals surface area contributed by atoms with Gasteiger partial charge in [-0.05, 0) is 74.6 Å². The summed E-state index contributed by atoms with van der Waals surface area (Å²) in [7, 11) is -3.57. The van der Waals surface area contributed by atoms with Gasteiger partial charge in [0.2, 0.25) is 21.8 Å². The van der Waals surface area contributed by atoms with E-state index in [1.807, 2.05) is 94.4 Å². The minimum absolute atomic E-state index is 0.0909. The summed E-state index contributed by atoms with van der Waals surface area (Å²) < 4.78 is 27.8. The fourth-order valence-electron chi connectivity index (χ4n) is 4.71. The second kappa shape index (κ2) is 14.6. The standard InChI is InChI=1S/C32H40BrN3O4S/c1-23(2)34-32(38)30(21-26-12-7-6-8-13-26)35(22-27-16-18-28(33)19-17-27)31(37)15-10-20-36(41(5,39)40)29-14-9-11-24(3)25(29)4/h6-9,11-14,16-19,23,30H,10,15,20-22H2,1-5H3,(H,34,38)/t30-/m1/s1. The molecule has 0 heterocycles. The van der Waals surface area contributed by atoms with E-state index in [4.69, 9.17) is 0 Å². The number of nitrogens with one attached hydrogen (secondary N) is 1. The van der Waals surface area contributed by atoms with Crippen LogP contribution in [0.4, 0.5) is 5.69 Å². The number of hydrogen-bond donors (Lipinski definition) is 1. The molecule has 0 unspecified atom stereocenters. The third-order valence-corrected chi connectivity index (χ3v) is 8.67. The van der Waals surface area contributed by atoms with E-state index in [2.05, 4.69) is 21.2 Å². The molecule has 2 amide bonds. The highest BCUT2D eigenvalue weighted by Gasteiger charge is 2.31. The zero-order chi connectivity index (χ0) is 30.2. The fourth-order valence-corrected chi connectivity index (χ4v) is 5.99. The normalized spacial score (nSPS) is 12.2. The first-order valence-corrected chi connectivity index (χ1v) is 16.4. The maximum Gasteiger partial charge on any atom is 0.243 e. The zero-order valence-electron chi connectivity index (χ0n) is 24.4. The first-order chi connectivity index (χ1) is 19.4. The lowest BCUT2D eigenvalue weighted by Crippen LogP contribution is -2.51. The molecule has 0 aliphatic carbocycles. The van der Waals surface area contributed by atoms with Gasteiger partial charge in [-0.3, -0.25) is 13.9 Å².